The molecule has 0 spiro atoms. The van der Waals surface area contributed by atoms with E-state index in [0.29, 0.717) is 25.9 Å². The van der Waals surface area contributed by atoms with Gasteiger partial charge in [-0.25, -0.2) is 4.99 Å². The van der Waals surface area contributed by atoms with Gasteiger partial charge in [0.15, 0.2) is 16.3 Å². The van der Waals surface area contributed by atoms with E-state index in [4.69, 9.17) is 26.1 Å². The van der Waals surface area contributed by atoms with E-state index < -0.39 is 0 Å². The Balaban J connectivity index is 1.49. The number of ether oxygens (including phenoxy) is 2. The van der Waals surface area contributed by atoms with Crippen LogP contribution in [0.4, 0.5) is 0 Å². The summed E-state index contributed by atoms with van der Waals surface area (Å²) in [4.78, 5) is 19.7. The molecule has 0 fully saturated rings. The summed E-state index contributed by atoms with van der Waals surface area (Å²) in [5.41, 5.74) is 6.17. The Morgan fingerprint density at radius 1 is 1.06 bits per heavy atom. The van der Waals surface area contributed by atoms with Crippen LogP contribution in [-0.4, -0.2) is 11.4 Å². The lowest BCUT2D eigenvalue weighted by Gasteiger charge is -2.31. The highest BCUT2D eigenvalue weighted by molar-refractivity contribution is 9.10. The number of aromatic nitrogens is 1. The summed E-state index contributed by atoms with van der Waals surface area (Å²) in [7, 11) is 0. The van der Waals surface area contributed by atoms with E-state index in [1.807, 2.05) is 53.1 Å². The summed E-state index contributed by atoms with van der Waals surface area (Å²) in [6, 6.07) is 19.6. The maximum Gasteiger partial charge on any atom is 0.271 e. The number of benzene rings is 3. The monoisotopic (exact) mass is 576 g/mol. The quantitative estimate of drug-likeness (QED) is 0.318. The molecule has 7 rings (SSSR count). The molecule has 36 heavy (non-hydrogen) atoms. The first kappa shape index (κ1) is 22.1. The molecule has 3 aromatic carbocycles. The van der Waals surface area contributed by atoms with Crippen LogP contribution in [0.2, 0.25) is 5.02 Å². The van der Waals surface area contributed by atoms with Crippen LogP contribution in [0.15, 0.2) is 80.5 Å². The van der Waals surface area contributed by atoms with Gasteiger partial charge in [-0.1, -0.05) is 81.3 Å². The molecule has 8 heteroatoms. The van der Waals surface area contributed by atoms with Crippen LogP contribution in [0.3, 0.4) is 0 Å². The molecular formula is C28H18BrClN2O3S. The number of allylic oxidation sites excluding steroid dienone is 1. The smallest absolute Gasteiger partial charge is 0.271 e. The predicted molar refractivity (Wildman–Crippen MR) is 144 cm³/mol. The normalized spacial score (nSPS) is 17.9. The predicted octanol–water partition coefficient (Wildman–Crippen LogP) is 5.46. The van der Waals surface area contributed by atoms with Gasteiger partial charge in [-0.05, 0) is 59.4 Å². The zero-order valence-corrected chi connectivity index (χ0v) is 22.0. The molecule has 2 aliphatic heterocycles. The lowest BCUT2D eigenvalue weighted by atomic mass is 9.83. The number of aryl methyl sites for hydroxylation is 1. The van der Waals surface area contributed by atoms with Crippen molar-refractivity contribution in [3.05, 3.63) is 118 Å². The van der Waals surface area contributed by atoms with Gasteiger partial charge in [0.2, 0.25) is 6.79 Å². The fourth-order valence-electron chi connectivity index (χ4n) is 5.18. The zero-order chi connectivity index (χ0) is 24.4. The van der Waals surface area contributed by atoms with E-state index in [-0.39, 0.29) is 18.4 Å². The molecule has 5 nitrogen and oxygen atoms in total. The number of halogens is 2. The molecule has 0 bridgehead atoms. The minimum atomic E-state index is -0.305. The number of rotatable bonds is 2. The third kappa shape index (κ3) is 3.41. The Kier molecular flexibility index (Phi) is 5.20. The van der Waals surface area contributed by atoms with Gasteiger partial charge < -0.3 is 9.47 Å². The number of fused-ring (bicyclic) bond motifs is 4. The van der Waals surface area contributed by atoms with E-state index in [0.717, 1.165) is 45.3 Å². The van der Waals surface area contributed by atoms with Crippen LogP contribution in [-0.2, 0) is 6.42 Å². The van der Waals surface area contributed by atoms with Crippen LogP contribution in [0.25, 0.3) is 11.8 Å². The SMILES string of the molecule is O=c1c(=Cc2cc3c(cc2Br)OCO3)sc2n1[C@@H](c1ccccc1Cl)C1=C(N=2)c2ccccc2CC1. The number of nitrogens with zero attached hydrogens (tertiary/aromatic N) is 2. The first-order valence-electron chi connectivity index (χ1n) is 11.5. The van der Waals surface area contributed by atoms with E-state index in [1.54, 1.807) is 0 Å². The number of hydrogen-bond acceptors (Lipinski definition) is 5. The van der Waals surface area contributed by atoms with E-state index in [1.165, 1.54) is 16.9 Å². The Morgan fingerprint density at radius 2 is 1.83 bits per heavy atom. The molecule has 1 atom stereocenters. The molecule has 1 aliphatic carbocycles. The third-order valence-electron chi connectivity index (χ3n) is 6.85. The van der Waals surface area contributed by atoms with Gasteiger partial charge in [0.05, 0.1) is 16.3 Å². The topological polar surface area (TPSA) is 52.8 Å². The fraction of sp³-hybridized carbons (Fsp3) is 0.143. The maximum absolute atomic E-state index is 13.9. The van der Waals surface area contributed by atoms with E-state index >= 15 is 0 Å². The summed E-state index contributed by atoms with van der Waals surface area (Å²) < 4.78 is 14.2. The van der Waals surface area contributed by atoms with Crippen molar-refractivity contribution in [1.29, 1.82) is 0 Å². The van der Waals surface area contributed by atoms with Crippen LogP contribution < -0.4 is 24.4 Å². The third-order valence-corrected chi connectivity index (χ3v) is 8.87. The lowest BCUT2D eigenvalue weighted by Crippen LogP contribution is -2.38. The van der Waals surface area contributed by atoms with Gasteiger partial charge in [-0.15, -0.1) is 0 Å². The first-order valence-corrected chi connectivity index (χ1v) is 13.5. The Labute approximate surface area is 223 Å². The summed E-state index contributed by atoms with van der Waals surface area (Å²) >= 11 is 11.7. The van der Waals surface area contributed by atoms with Crippen molar-refractivity contribution in [2.24, 2.45) is 4.99 Å². The number of hydrogen-bond donors (Lipinski definition) is 0. The molecule has 0 unspecified atom stereocenters. The van der Waals surface area contributed by atoms with Crippen LogP contribution in [0, 0.1) is 0 Å². The van der Waals surface area contributed by atoms with Gasteiger partial charge in [-0.3, -0.25) is 9.36 Å². The molecule has 1 aromatic heterocycles. The van der Waals surface area contributed by atoms with Crippen molar-refractivity contribution in [3.63, 3.8) is 0 Å². The minimum absolute atomic E-state index is 0.0846. The number of thiazole rings is 1. The van der Waals surface area contributed by atoms with Crippen molar-refractivity contribution in [3.8, 4) is 11.5 Å². The molecule has 178 valence electrons. The summed E-state index contributed by atoms with van der Waals surface area (Å²) in [5, 5.41) is 0.642. The molecule has 0 saturated heterocycles. The Bertz CT molecular complexity index is 1790. The summed E-state index contributed by atoms with van der Waals surface area (Å²) in [6.45, 7) is 0.193. The second-order valence-corrected chi connectivity index (χ2v) is 11.1. The second kappa shape index (κ2) is 8.47. The van der Waals surface area contributed by atoms with Gasteiger partial charge in [0.1, 0.15) is 0 Å². The van der Waals surface area contributed by atoms with Crippen molar-refractivity contribution < 1.29 is 9.47 Å². The highest BCUT2D eigenvalue weighted by atomic mass is 79.9. The largest absolute Gasteiger partial charge is 0.454 e. The van der Waals surface area contributed by atoms with E-state index in [9.17, 15) is 4.79 Å². The Morgan fingerprint density at radius 3 is 2.69 bits per heavy atom. The van der Waals surface area contributed by atoms with Gasteiger partial charge >= 0.3 is 0 Å². The highest BCUT2D eigenvalue weighted by Gasteiger charge is 2.33. The van der Waals surface area contributed by atoms with E-state index in [2.05, 4.69) is 34.1 Å². The molecule has 0 amide bonds. The summed E-state index contributed by atoms with van der Waals surface area (Å²) in [5.74, 6) is 1.35. The molecule has 3 aliphatic rings. The lowest BCUT2D eigenvalue weighted by molar-refractivity contribution is 0.174. The molecule has 0 radical (unpaired) electrons. The van der Waals surface area contributed by atoms with Crippen LogP contribution in [0.5, 0.6) is 11.5 Å². The average molecular weight is 578 g/mol. The standard InChI is InChI=1S/C28H18BrClN2O3S/c29-20-13-23-22(34-14-35-23)11-16(20)12-24-27(33)32-26(18-7-3-4-8-21(18)30)19-10-9-15-5-1-2-6-17(15)25(19)31-28(32)36-24/h1-8,11-13,26H,9-10,14H2/t26-/m0/s1. The molecular weight excluding hydrogens is 560 g/mol. The van der Waals surface area contributed by atoms with Crippen LogP contribution >= 0.6 is 38.9 Å². The van der Waals surface area contributed by atoms with Gasteiger partial charge in [0.25, 0.3) is 5.56 Å². The zero-order valence-electron chi connectivity index (χ0n) is 18.8. The molecule has 0 saturated carbocycles. The molecule has 0 N–H and O–H groups in total. The maximum atomic E-state index is 13.9. The van der Waals surface area contributed by atoms with Gasteiger partial charge in [-0.2, -0.15) is 0 Å². The van der Waals surface area contributed by atoms with Crippen LogP contribution in [0.1, 0.15) is 34.7 Å². The average Bonchev–Trinajstić information content (AvgIpc) is 3.47. The Hall–Kier alpha value is -3.13. The van der Waals surface area contributed by atoms with Gasteiger partial charge in [0, 0.05) is 15.1 Å². The second-order valence-electron chi connectivity index (χ2n) is 8.86. The highest BCUT2D eigenvalue weighted by Crippen LogP contribution is 2.43. The van der Waals surface area contributed by atoms with Crippen molar-refractivity contribution >= 4 is 50.6 Å². The van der Waals surface area contributed by atoms with Crippen molar-refractivity contribution in [1.82, 2.24) is 4.57 Å². The molecule has 3 heterocycles. The van der Waals surface area contributed by atoms with Crippen molar-refractivity contribution in [2.45, 2.75) is 18.9 Å². The first-order chi connectivity index (χ1) is 17.6. The minimum Gasteiger partial charge on any atom is -0.454 e. The summed E-state index contributed by atoms with van der Waals surface area (Å²) in [6.07, 6.45) is 3.61. The fourth-order valence-corrected chi connectivity index (χ4v) is 6.85. The van der Waals surface area contributed by atoms with Crippen molar-refractivity contribution in [2.75, 3.05) is 6.79 Å². The molecule has 4 aromatic rings.